The van der Waals surface area contributed by atoms with Crippen molar-refractivity contribution >= 4 is 17.9 Å². The van der Waals surface area contributed by atoms with Gasteiger partial charge in [0.15, 0.2) is 6.29 Å². The van der Waals surface area contributed by atoms with Crippen LogP contribution >= 0.6 is 11.6 Å². The van der Waals surface area contributed by atoms with E-state index in [0.29, 0.717) is 22.3 Å². The maximum absolute atomic E-state index is 11.1. The summed E-state index contributed by atoms with van der Waals surface area (Å²) in [4.78, 5) is 11.1. The second kappa shape index (κ2) is 4.94. The topological polar surface area (TPSA) is 34.9 Å². The SMILES string of the molecule is CC(C)c1ccc(-c2nn(C)c(Cl)c2C=O)cc1. The van der Waals surface area contributed by atoms with Gasteiger partial charge < -0.3 is 0 Å². The van der Waals surface area contributed by atoms with Crippen LogP contribution in [0.2, 0.25) is 5.15 Å². The van der Waals surface area contributed by atoms with Crippen molar-refractivity contribution in [3.05, 3.63) is 40.5 Å². The van der Waals surface area contributed by atoms with Crippen molar-refractivity contribution in [3.63, 3.8) is 0 Å². The van der Waals surface area contributed by atoms with Crippen LogP contribution in [0.25, 0.3) is 11.3 Å². The summed E-state index contributed by atoms with van der Waals surface area (Å²) in [6.07, 6.45) is 0.751. The Bertz CT molecular complexity index is 570. The molecular weight excluding hydrogens is 248 g/mol. The Hall–Kier alpha value is -1.61. The summed E-state index contributed by atoms with van der Waals surface area (Å²) in [6.45, 7) is 4.28. The monoisotopic (exact) mass is 262 g/mol. The highest BCUT2D eigenvalue weighted by Crippen LogP contribution is 2.27. The van der Waals surface area contributed by atoms with Crippen molar-refractivity contribution in [1.82, 2.24) is 9.78 Å². The first-order chi connectivity index (χ1) is 8.54. The van der Waals surface area contributed by atoms with Crippen LogP contribution in [0, 0.1) is 0 Å². The molecule has 0 fully saturated rings. The van der Waals surface area contributed by atoms with E-state index < -0.39 is 0 Å². The highest BCUT2D eigenvalue weighted by Gasteiger charge is 2.15. The summed E-state index contributed by atoms with van der Waals surface area (Å²) in [5.41, 5.74) is 3.24. The predicted molar refractivity (Wildman–Crippen MR) is 73.1 cm³/mol. The molecule has 1 aromatic carbocycles. The standard InChI is InChI=1S/C14H15ClN2O/c1-9(2)10-4-6-11(7-5-10)13-12(8-18)14(15)17(3)16-13/h4-9H,1-3H3. The number of aryl methyl sites for hydroxylation is 1. The molecule has 0 spiro atoms. The first-order valence-corrected chi connectivity index (χ1v) is 6.20. The second-order valence-corrected chi connectivity index (χ2v) is 4.93. The van der Waals surface area contributed by atoms with Gasteiger partial charge >= 0.3 is 0 Å². The molecule has 1 heterocycles. The quantitative estimate of drug-likeness (QED) is 0.791. The van der Waals surface area contributed by atoms with E-state index in [2.05, 4.69) is 31.1 Å². The van der Waals surface area contributed by atoms with Gasteiger partial charge in [0.1, 0.15) is 10.8 Å². The van der Waals surface area contributed by atoms with E-state index >= 15 is 0 Å². The first kappa shape index (κ1) is 12.8. The van der Waals surface area contributed by atoms with Crippen LogP contribution in [-0.4, -0.2) is 16.1 Å². The lowest BCUT2D eigenvalue weighted by Crippen LogP contribution is -1.90. The predicted octanol–water partition coefficient (Wildman–Crippen LogP) is 3.68. The average Bonchev–Trinajstić information content (AvgIpc) is 2.65. The van der Waals surface area contributed by atoms with E-state index in [1.807, 2.05) is 12.1 Å². The molecule has 0 radical (unpaired) electrons. The van der Waals surface area contributed by atoms with Gasteiger partial charge in [0.05, 0.1) is 5.56 Å². The largest absolute Gasteiger partial charge is 0.298 e. The second-order valence-electron chi connectivity index (χ2n) is 4.57. The fourth-order valence-corrected chi connectivity index (χ4v) is 2.04. The zero-order chi connectivity index (χ0) is 13.3. The summed E-state index contributed by atoms with van der Waals surface area (Å²) in [5.74, 6) is 0.483. The minimum absolute atomic E-state index is 0.368. The van der Waals surface area contributed by atoms with Crippen LogP contribution in [0.15, 0.2) is 24.3 Å². The lowest BCUT2D eigenvalue weighted by molar-refractivity contribution is 0.112. The van der Waals surface area contributed by atoms with E-state index in [-0.39, 0.29) is 0 Å². The number of carbonyl (C=O) groups is 1. The van der Waals surface area contributed by atoms with Gasteiger partial charge in [0.25, 0.3) is 0 Å². The molecule has 0 aliphatic rings. The van der Waals surface area contributed by atoms with Crippen LogP contribution in [0.3, 0.4) is 0 Å². The molecule has 0 saturated heterocycles. The molecule has 0 saturated carbocycles. The van der Waals surface area contributed by atoms with E-state index in [1.54, 1.807) is 7.05 Å². The Labute approximate surface area is 111 Å². The van der Waals surface area contributed by atoms with Gasteiger partial charge in [-0.05, 0) is 11.5 Å². The number of benzene rings is 1. The summed E-state index contributed by atoms with van der Waals surface area (Å²) in [5, 5.41) is 4.65. The Morgan fingerprint density at radius 1 is 1.28 bits per heavy atom. The molecule has 0 aliphatic carbocycles. The third kappa shape index (κ3) is 2.18. The number of hydrogen-bond donors (Lipinski definition) is 0. The van der Waals surface area contributed by atoms with Crippen molar-refractivity contribution in [2.45, 2.75) is 19.8 Å². The molecule has 0 N–H and O–H groups in total. The third-order valence-electron chi connectivity index (χ3n) is 2.98. The fraction of sp³-hybridized carbons (Fsp3) is 0.286. The summed E-state index contributed by atoms with van der Waals surface area (Å²) < 4.78 is 1.51. The summed E-state index contributed by atoms with van der Waals surface area (Å²) in [6, 6.07) is 8.05. The molecule has 94 valence electrons. The van der Waals surface area contributed by atoms with Gasteiger partial charge in [0, 0.05) is 12.6 Å². The lowest BCUT2D eigenvalue weighted by Gasteiger charge is -2.05. The molecule has 0 bridgehead atoms. The van der Waals surface area contributed by atoms with Crippen LogP contribution < -0.4 is 0 Å². The van der Waals surface area contributed by atoms with Gasteiger partial charge in [-0.2, -0.15) is 5.10 Å². The number of nitrogens with zero attached hydrogens (tertiary/aromatic N) is 2. The number of aldehydes is 1. The van der Waals surface area contributed by atoms with E-state index in [4.69, 9.17) is 11.6 Å². The zero-order valence-corrected chi connectivity index (χ0v) is 11.4. The molecule has 0 amide bonds. The Morgan fingerprint density at radius 3 is 2.39 bits per heavy atom. The first-order valence-electron chi connectivity index (χ1n) is 5.82. The Morgan fingerprint density at radius 2 is 1.89 bits per heavy atom. The van der Waals surface area contributed by atoms with Crippen molar-refractivity contribution in [3.8, 4) is 11.3 Å². The van der Waals surface area contributed by atoms with E-state index in [1.165, 1.54) is 10.2 Å². The van der Waals surface area contributed by atoms with Crippen LogP contribution in [0.4, 0.5) is 0 Å². The molecule has 2 rings (SSSR count). The van der Waals surface area contributed by atoms with E-state index in [0.717, 1.165) is 11.8 Å². The number of carbonyl (C=O) groups excluding carboxylic acids is 1. The normalized spacial score (nSPS) is 10.9. The zero-order valence-electron chi connectivity index (χ0n) is 10.6. The van der Waals surface area contributed by atoms with Crippen molar-refractivity contribution < 1.29 is 4.79 Å². The maximum Gasteiger partial charge on any atom is 0.155 e. The van der Waals surface area contributed by atoms with Gasteiger partial charge in [-0.25, -0.2) is 0 Å². The molecule has 1 aromatic heterocycles. The number of hydrogen-bond acceptors (Lipinski definition) is 2. The number of rotatable bonds is 3. The average molecular weight is 263 g/mol. The summed E-state index contributed by atoms with van der Waals surface area (Å²) in [7, 11) is 1.72. The van der Waals surface area contributed by atoms with Crippen LogP contribution in [0.1, 0.15) is 35.7 Å². The van der Waals surface area contributed by atoms with Crippen molar-refractivity contribution in [2.75, 3.05) is 0 Å². The molecular formula is C14H15ClN2O. The van der Waals surface area contributed by atoms with Crippen LogP contribution in [0.5, 0.6) is 0 Å². The highest BCUT2D eigenvalue weighted by molar-refractivity contribution is 6.32. The van der Waals surface area contributed by atoms with Crippen molar-refractivity contribution in [2.24, 2.45) is 7.05 Å². The number of halogens is 1. The number of aromatic nitrogens is 2. The maximum atomic E-state index is 11.1. The molecule has 2 aromatic rings. The molecule has 4 heteroatoms. The van der Waals surface area contributed by atoms with Gasteiger partial charge in [0.2, 0.25) is 0 Å². The van der Waals surface area contributed by atoms with Gasteiger partial charge in [-0.3, -0.25) is 9.48 Å². The minimum Gasteiger partial charge on any atom is -0.298 e. The lowest BCUT2D eigenvalue weighted by atomic mass is 10.00. The molecule has 3 nitrogen and oxygen atoms in total. The van der Waals surface area contributed by atoms with Gasteiger partial charge in [-0.1, -0.05) is 49.7 Å². The van der Waals surface area contributed by atoms with E-state index in [9.17, 15) is 4.79 Å². The van der Waals surface area contributed by atoms with Gasteiger partial charge in [-0.15, -0.1) is 0 Å². The highest BCUT2D eigenvalue weighted by atomic mass is 35.5. The summed E-state index contributed by atoms with van der Waals surface area (Å²) >= 11 is 6.01. The Kier molecular flexibility index (Phi) is 3.53. The molecule has 0 aliphatic heterocycles. The van der Waals surface area contributed by atoms with Crippen LogP contribution in [-0.2, 0) is 7.05 Å². The molecule has 0 atom stereocenters. The fourth-order valence-electron chi connectivity index (χ4n) is 1.86. The third-order valence-corrected chi connectivity index (χ3v) is 3.43. The molecule has 0 unspecified atom stereocenters. The Balaban J connectivity index is 2.49. The smallest absolute Gasteiger partial charge is 0.155 e. The van der Waals surface area contributed by atoms with Crippen molar-refractivity contribution in [1.29, 1.82) is 0 Å². The minimum atomic E-state index is 0.368. The molecule has 18 heavy (non-hydrogen) atoms.